The van der Waals surface area contributed by atoms with Crippen molar-refractivity contribution in [2.24, 2.45) is 5.92 Å². The predicted octanol–water partition coefficient (Wildman–Crippen LogP) is 5.41. The van der Waals surface area contributed by atoms with Crippen molar-refractivity contribution in [1.82, 2.24) is 0 Å². The fourth-order valence-corrected chi connectivity index (χ4v) is 3.36. The molecular formula is C16H19BrClFO2. The van der Waals surface area contributed by atoms with Gasteiger partial charge in [0, 0.05) is 11.1 Å². The number of Topliss-reactive ketones (excluding diaryl/α,β-unsaturated/α-hetero) is 1. The van der Waals surface area contributed by atoms with E-state index in [4.69, 9.17) is 16.3 Å². The molecule has 0 unspecified atom stereocenters. The summed E-state index contributed by atoms with van der Waals surface area (Å²) in [4.78, 5) is 12.9. The number of benzene rings is 1. The number of carbonyl (C=O) groups is 1. The Bertz CT molecular complexity index is 539. The molecule has 0 aromatic heterocycles. The first-order valence-electron chi connectivity index (χ1n) is 7.23. The Morgan fingerprint density at radius 1 is 1.48 bits per heavy atom. The molecule has 0 saturated heterocycles. The monoisotopic (exact) mass is 376 g/mol. The lowest BCUT2D eigenvalue weighted by Crippen LogP contribution is -2.45. The standard InChI is InChI=1S/C16H19BrClFO2/c1-3-21-16(8-6-10(2)7-9-16)15(20)11-4-5-12(17)13(18)14(11)19/h4-5,10H,3,6-9H2,1-2H3. The first-order chi connectivity index (χ1) is 9.91. The normalized spacial score (nSPS) is 25.9. The second-order valence-corrected chi connectivity index (χ2v) is 6.89. The SMILES string of the molecule is CCOC1(C(=O)c2ccc(Br)c(Cl)c2F)CCC(C)CC1. The summed E-state index contributed by atoms with van der Waals surface area (Å²) < 4.78 is 20.6. The van der Waals surface area contributed by atoms with Gasteiger partial charge in [0.25, 0.3) is 0 Å². The van der Waals surface area contributed by atoms with Gasteiger partial charge in [-0.15, -0.1) is 0 Å². The van der Waals surface area contributed by atoms with Crippen molar-refractivity contribution < 1.29 is 13.9 Å². The van der Waals surface area contributed by atoms with Crippen LogP contribution in [0.3, 0.4) is 0 Å². The van der Waals surface area contributed by atoms with E-state index in [0.717, 1.165) is 12.8 Å². The molecule has 0 heterocycles. The largest absolute Gasteiger partial charge is 0.367 e. The van der Waals surface area contributed by atoms with E-state index in [-0.39, 0.29) is 16.4 Å². The predicted molar refractivity (Wildman–Crippen MR) is 85.4 cm³/mol. The number of hydrogen-bond donors (Lipinski definition) is 0. The maximum Gasteiger partial charge on any atom is 0.197 e. The van der Waals surface area contributed by atoms with Crippen LogP contribution in [0, 0.1) is 11.7 Å². The second-order valence-electron chi connectivity index (χ2n) is 5.66. The van der Waals surface area contributed by atoms with Gasteiger partial charge >= 0.3 is 0 Å². The highest BCUT2D eigenvalue weighted by atomic mass is 79.9. The van der Waals surface area contributed by atoms with Crippen molar-refractivity contribution in [3.05, 3.63) is 33.0 Å². The number of rotatable bonds is 4. The first kappa shape index (κ1) is 16.9. The third-order valence-corrected chi connectivity index (χ3v) is 5.45. The number of carbonyl (C=O) groups excluding carboxylic acids is 1. The molecule has 0 atom stereocenters. The van der Waals surface area contributed by atoms with Crippen LogP contribution in [-0.2, 0) is 4.74 Å². The van der Waals surface area contributed by atoms with Gasteiger partial charge in [0.05, 0.1) is 10.6 Å². The summed E-state index contributed by atoms with van der Waals surface area (Å²) in [5.41, 5.74) is -0.884. The van der Waals surface area contributed by atoms with E-state index in [1.807, 2.05) is 6.92 Å². The zero-order valence-corrected chi connectivity index (χ0v) is 14.6. The minimum atomic E-state index is -0.904. The summed E-state index contributed by atoms with van der Waals surface area (Å²) in [5, 5.41) is -0.0586. The molecule has 0 N–H and O–H groups in total. The van der Waals surface area contributed by atoms with E-state index >= 15 is 0 Å². The average Bonchev–Trinajstić information content (AvgIpc) is 2.47. The first-order valence-corrected chi connectivity index (χ1v) is 8.40. The number of ether oxygens (including phenoxy) is 1. The highest BCUT2D eigenvalue weighted by Crippen LogP contribution is 2.39. The van der Waals surface area contributed by atoms with Gasteiger partial charge in [-0.05, 0) is 66.6 Å². The van der Waals surface area contributed by atoms with Gasteiger partial charge in [0.1, 0.15) is 5.60 Å². The molecule has 0 spiro atoms. The van der Waals surface area contributed by atoms with E-state index < -0.39 is 11.4 Å². The maximum absolute atomic E-state index is 14.3. The Morgan fingerprint density at radius 2 is 2.10 bits per heavy atom. The molecule has 0 radical (unpaired) electrons. The fourth-order valence-electron chi connectivity index (χ4n) is 2.89. The zero-order valence-electron chi connectivity index (χ0n) is 12.2. The number of ketones is 1. The van der Waals surface area contributed by atoms with Crippen molar-refractivity contribution in [2.45, 2.75) is 45.1 Å². The molecule has 5 heteroatoms. The van der Waals surface area contributed by atoms with Gasteiger partial charge in [-0.1, -0.05) is 18.5 Å². The van der Waals surface area contributed by atoms with Crippen molar-refractivity contribution >= 4 is 33.3 Å². The Balaban J connectivity index is 2.38. The van der Waals surface area contributed by atoms with Gasteiger partial charge in [0.2, 0.25) is 0 Å². The minimum Gasteiger partial charge on any atom is -0.367 e. The molecule has 1 aromatic carbocycles. The average molecular weight is 378 g/mol. The maximum atomic E-state index is 14.3. The second kappa shape index (κ2) is 6.76. The smallest absolute Gasteiger partial charge is 0.197 e. The summed E-state index contributed by atoms with van der Waals surface area (Å²) in [5.74, 6) is -0.387. The highest BCUT2D eigenvalue weighted by Gasteiger charge is 2.43. The molecule has 1 saturated carbocycles. The molecule has 116 valence electrons. The van der Waals surface area contributed by atoms with E-state index in [1.54, 1.807) is 6.07 Å². The van der Waals surface area contributed by atoms with Crippen LogP contribution in [0.15, 0.2) is 16.6 Å². The van der Waals surface area contributed by atoms with Gasteiger partial charge in [-0.2, -0.15) is 0 Å². The molecule has 0 bridgehead atoms. The Labute approximate surface area is 138 Å². The van der Waals surface area contributed by atoms with Crippen LogP contribution in [0.2, 0.25) is 5.02 Å². The van der Waals surface area contributed by atoms with Crippen LogP contribution in [0.4, 0.5) is 4.39 Å². The van der Waals surface area contributed by atoms with E-state index in [2.05, 4.69) is 22.9 Å². The molecule has 2 nitrogen and oxygen atoms in total. The third-order valence-electron chi connectivity index (χ3n) is 4.20. The Morgan fingerprint density at radius 3 is 2.67 bits per heavy atom. The summed E-state index contributed by atoms with van der Waals surface area (Å²) in [6, 6.07) is 3.08. The van der Waals surface area contributed by atoms with Gasteiger partial charge in [-0.3, -0.25) is 4.79 Å². The highest BCUT2D eigenvalue weighted by molar-refractivity contribution is 9.10. The molecule has 0 amide bonds. The zero-order chi connectivity index (χ0) is 15.6. The topological polar surface area (TPSA) is 26.3 Å². The molecule has 1 aliphatic rings. The quantitative estimate of drug-likeness (QED) is 0.518. The lowest BCUT2D eigenvalue weighted by Gasteiger charge is -2.38. The lowest BCUT2D eigenvalue weighted by atomic mass is 9.75. The van der Waals surface area contributed by atoms with Gasteiger partial charge in [-0.25, -0.2) is 4.39 Å². The van der Waals surface area contributed by atoms with Crippen LogP contribution >= 0.6 is 27.5 Å². The van der Waals surface area contributed by atoms with Crippen LogP contribution < -0.4 is 0 Å². The van der Waals surface area contributed by atoms with Crippen LogP contribution in [0.1, 0.15) is 49.9 Å². The van der Waals surface area contributed by atoms with Crippen molar-refractivity contribution in [3.63, 3.8) is 0 Å². The van der Waals surface area contributed by atoms with Crippen LogP contribution in [0.5, 0.6) is 0 Å². The van der Waals surface area contributed by atoms with Crippen LogP contribution in [0.25, 0.3) is 0 Å². The van der Waals surface area contributed by atoms with Crippen molar-refractivity contribution in [2.75, 3.05) is 6.61 Å². The summed E-state index contributed by atoms with van der Waals surface area (Å²) in [7, 11) is 0. The van der Waals surface area contributed by atoms with Crippen LogP contribution in [-0.4, -0.2) is 18.0 Å². The Hall–Kier alpha value is -0.450. The van der Waals surface area contributed by atoms with E-state index in [9.17, 15) is 9.18 Å². The Kier molecular flexibility index (Phi) is 5.44. The molecule has 1 aromatic rings. The molecule has 1 aliphatic carbocycles. The fraction of sp³-hybridized carbons (Fsp3) is 0.562. The number of hydrogen-bond acceptors (Lipinski definition) is 2. The third kappa shape index (κ3) is 3.33. The van der Waals surface area contributed by atoms with Gasteiger partial charge in [0.15, 0.2) is 11.6 Å². The molecule has 21 heavy (non-hydrogen) atoms. The summed E-state index contributed by atoms with van der Waals surface area (Å²) in [6.07, 6.45) is 3.09. The molecule has 1 fully saturated rings. The molecule has 2 rings (SSSR count). The summed E-state index contributed by atoms with van der Waals surface area (Å²) in [6.45, 7) is 4.46. The lowest BCUT2D eigenvalue weighted by molar-refractivity contribution is -0.0476. The minimum absolute atomic E-state index is 0.0196. The van der Waals surface area contributed by atoms with Crippen molar-refractivity contribution in [3.8, 4) is 0 Å². The van der Waals surface area contributed by atoms with E-state index in [1.165, 1.54) is 6.07 Å². The number of halogens is 3. The molecule has 0 aliphatic heterocycles. The van der Waals surface area contributed by atoms with Gasteiger partial charge < -0.3 is 4.74 Å². The van der Waals surface area contributed by atoms with Crippen molar-refractivity contribution in [1.29, 1.82) is 0 Å². The summed E-state index contributed by atoms with van der Waals surface area (Å²) >= 11 is 9.06. The molecular weight excluding hydrogens is 359 g/mol. The van der Waals surface area contributed by atoms with E-state index in [0.29, 0.717) is 29.8 Å².